The van der Waals surface area contributed by atoms with Crippen LogP contribution in [0.15, 0.2) is 0 Å². The van der Waals surface area contributed by atoms with Crippen LogP contribution in [0.25, 0.3) is 0 Å². The van der Waals surface area contributed by atoms with Crippen LogP contribution in [0.2, 0.25) is 0 Å². The molecule has 0 fully saturated rings. The van der Waals surface area contributed by atoms with E-state index in [0.717, 1.165) is 13.2 Å². The SMILES string of the molecule is CC(C)(C)NCCOCCOC(C)(C)C. The summed E-state index contributed by atoms with van der Waals surface area (Å²) in [6, 6.07) is 0. The van der Waals surface area contributed by atoms with Crippen molar-refractivity contribution in [1.29, 1.82) is 0 Å². The van der Waals surface area contributed by atoms with Gasteiger partial charge in [-0.25, -0.2) is 0 Å². The Labute approximate surface area is 94.5 Å². The maximum absolute atomic E-state index is 5.53. The first-order valence-electron chi connectivity index (χ1n) is 5.67. The first-order chi connectivity index (χ1) is 6.71. The quantitative estimate of drug-likeness (QED) is 0.692. The Balaban J connectivity index is 3.20. The van der Waals surface area contributed by atoms with Crippen LogP contribution in [0, 0.1) is 0 Å². The van der Waals surface area contributed by atoms with E-state index < -0.39 is 0 Å². The number of hydrogen-bond acceptors (Lipinski definition) is 3. The van der Waals surface area contributed by atoms with Gasteiger partial charge in [-0.15, -0.1) is 0 Å². The van der Waals surface area contributed by atoms with Crippen molar-refractivity contribution < 1.29 is 9.47 Å². The molecule has 92 valence electrons. The molecule has 0 saturated carbocycles. The molecule has 3 heteroatoms. The summed E-state index contributed by atoms with van der Waals surface area (Å²) >= 11 is 0. The van der Waals surface area contributed by atoms with E-state index in [1.807, 2.05) is 20.8 Å². The molecule has 0 radical (unpaired) electrons. The molecular formula is C12H27NO2. The van der Waals surface area contributed by atoms with Gasteiger partial charge in [0.25, 0.3) is 0 Å². The molecule has 0 aromatic heterocycles. The molecule has 0 atom stereocenters. The summed E-state index contributed by atoms with van der Waals surface area (Å²) in [7, 11) is 0. The molecule has 0 aliphatic heterocycles. The lowest BCUT2D eigenvalue weighted by molar-refractivity contribution is -0.0346. The second-order valence-electron chi connectivity index (χ2n) is 5.75. The minimum atomic E-state index is -0.0625. The van der Waals surface area contributed by atoms with E-state index in [-0.39, 0.29) is 11.1 Å². The molecule has 1 N–H and O–H groups in total. The predicted molar refractivity (Wildman–Crippen MR) is 64.3 cm³/mol. The van der Waals surface area contributed by atoms with Crippen LogP contribution >= 0.6 is 0 Å². The molecule has 15 heavy (non-hydrogen) atoms. The van der Waals surface area contributed by atoms with Gasteiger partial charge >= 0.3 is 0 Å². The standard InChI is InChI=1S/C12H27NO2/c1-11(2,3)13-7-8-14-9-10-15-12(4,5)6/h13H,7-10H2,1-6H3. The fourth-order valence-corrected chi connectivity index (χ4v) is 1.01. The van der Waals surface area contributed by atoms with Crippen LogP contribution in [0.1, 0.15) is 41.5 Å². The van der Waals surface area contributed by atoms with Crippen molar-refractivity contribution >= 4 is 0 Å². The van der Waals surface area contributed by atoms with Gasteiger partial charge in [-0.2, -0.15) is 0 Å². The number of ether oxygens (including phenoxy) is 2. The third-order valence-corrected chi connectivity index (χ3v) is 1.66. The van der Waals surface area contributed by atoms with E-state index in [4.69, 9.17) is 9.47 Å². The lowest BCUT2D eigenvalue weighted by Crippen LogP contribution is -2.38. The highest BCUT2D eigenvalue weighted by atomic mass is 16.5. The summed E-state index contributed by atoms with van der Waals surface area (Å²) in [5, 5.41) is 3.36. The highest BCUT2D eigenvalue weighted by Gasteiger charge is 2.09. The summed E-state index contributed by atoms with van der Waals surface area (Å²) < 4.78 is 11.0. The van der Waals surface area contributed by atoms with Gasteiger partial charge in [0.2, 0.25) is 0 Å². The fourth-order valence-electron chi connectivity index (χ4n) is 1.01. The van der Waals surface area contributed by atoms with Crippen LogP contribution in [0.4, 0.5) is 0 Å². The third-order valence-electron chi connectivity index (χ3n) is 1.66. The highest BCUT2D eigenvalue weighted by Crippen LogP contribution is 2.05. The first kappa shape index (κ1) is 14.9. The summed E-state index contributed by atoms with van der Waals surface area (Å²) in [6.45, 7) is 15.6. The van der Waals surface area contributed by atoms with E-state index in [2.05, 4.69) is 26.1 Å². The number of hydrogen-bond donors (Lipinski definition) is 1. The van der Waals surface area contributed by atoms with Gasteiger partial charge in [-0.3, -0.25) is 0 Å². The van der Waals surface area contributed by atoms with Crippen LogP contribution in [-0.4, -0.2) is 37.5 Å². The zero-order valence-electron chi connectivity index (χ0n) is 11.1. The summed E-state index contributed by atoms with van der Waals surface area (Å²) in [4.78, 5) is 0. The Morgan fingerprint density at radius 1 is 0.867 bits per heavy atom. The molecule has 3 nitrogen and oxygen atoms in total. The van der Waals surface area contributed by atoms with Crippen molar-refractivity contribution in [3.05, 3.63) is 0 Å². The predicted octanol–water partition coefficient (Wildman–Crippen LogP) is 2.21. The Hall–Kier alpha value is -0.120. The van der Waals surface area contributed by atoms with E-state index >= 15 is 0 Å². The number of rotatable bonds is 6. The van der Waals surface area contributed by atoms with Gasteiger partial charge in [0.1, 0.15) is 0 Å². The third kappa shape index (κ3) is 13.9. The number of nitrogens with one attached hydrogen (secondary N) is 1. The van der Waals surface area contributed by atoms with Gasteiger partial charge in [0, 0.05) is 12.1 Å². The average Bonchev–Trinajstić information content (AvgIpc) is 1.98. The van der Waals surface area contributed by atoms with Crippen LogP contribution in [0.3, 0.4) is 0 Å². The highest BCUT2D eigenvalue weighted by molar-refractivity contribution is 4.69. The van der Waals surface area contributed by atoms with Crippen molar-refractivity contribution in [2.24, 2.45) is 0 Å². The van der Waals surface area contributed by atoms with Gasteiger partial charge in [-0.05, 0) is 41.5 Å². The second-order valence-corrected chi connectivity index (χ2v) is 5.75. The summed E-state index contributed by atoms with van der Waals surface area (Å²) in [5.74, 6) is 0. The monoisotopic (exact) mass is 217 g/mol. The van der Waals surface area contributed by atoms with Crippen LogP contribution < -0.4 is 5.32 Å². The molecule has 0 aliphatic carbocycles. The minimum Gasteiger partial charge on any atom is -0.378 e. The van der Waals surface area contributed by atoms with Crippen molar-refractivity contribution in [2.45, 2.75) is 52.7 Å². The van der Waals surface area contributed by atoms with Crippen molar-refractivity contribution in [1.82, 2.24) is 5.32 Å². The maximum atomic E-state index is 5.53. The maximum Gasteiger partial charge on any atom is 0.0707 e. The summed E-state index contributed by atoms with van der Waals surface area (Å²) in [5.41, 5.74) is 0.109. The largest absolute Gasteiger partial charge is 0.378 e. The van der Waals surface area contributed by atoms with E-state index in [9.17, 15) is 0 Å². The molecule has 0 amide bonds. The topological polar surface area (TPSA) is 30.5 Å². The van der Waals surface area contributed by atoms with Gasteiger partial charge in [0.05, 0.1) is 25.4 Å². The zero-order chi connectivity index (χ0) is 11.9. The van der Waals surface area contributed by atoms with Crippen molar-refractivity contribution in [3.8, 4) is 0 Å². The zero-order valence-corrected chi connectivity index (χ0v) is 11.1. The Morgan fingerprint density at radius 2 is 1.47 bits per heavy atom. The average molecular weight is 217 g/mol. The fraction of sp³-hybridized carbons (Fsp3) is 1.00. The molecule has 0 unspecified atom stereocenters. The van der Waals surface area contributed by atoms with Crippen LogP contribution in [0.5, 0.6) is 0 Å². The Bertz CT molecular complexity index is 138. The van der Waals surface area contributed by atoms with Gasteiger partial charge < -0.3 is 14.8 Å². The lowest BCUT2D eigenvalue weighted by atomic mass is 10.1. The van der Waals surface area contributed by atoms with Crippen molar-refractivity contribution in [2.75, 3.05) is 26.4 Å². The Morgan fingerprint density at radius 3 is 1.93 bits per heavy atom. The molecule has 0 aliphatic rings. The molecule has 0 aromatic rings. The van der Waals surface area contributed by atoms with Gasteiger partial charge in [-0.1, -0.05) is 0 Å². The first-order valence-corrected chi connectivity index (χ1v) is 5.67. The van der Waals surface area contributed by atoms with Crippen molar-refractivity contribution in [3.63, 3.8) is 0 Å². The van der Waals surface area contributed by atoms with E-state index in [0.29, 0.717) is 13.2 Å². The van der Waals surface area contributed by atoms with Crippen LogP contribution in [-0.2, 0) is 9.47 Å². The Kier molecular flexibility index (Phi) is 6.41. The normalized spacial score (nSPS) is 13.2. The summed E-state index contributed by atoms with van der Waals surface area (Å²) in [6.07, 6.45) is 0. The van der Waals surface area contributed by atoms with Gasteiger partial charge in [0.15, 0.2) is 0 Å². The van der Waals surface area contributed by atoms with E-state index in [1.165, 1.54) is 0 Å². The lowest BCUT2D eigenvalue weighted by Gasteiger charge is -2.21. The second kappa shape index (κ2) is 6.46. The molecule has 0 rings (SSSR count). The molecule has 0 saturated heterocycles. The molecule has 0 spiro atoms. The minimum absolute atomic E-state index is 0.0625. The van der Waals surface area contributed by atoms with E-state index in [1.54, 1.807) is 0 Å². The molecule has 0 bridgehead atoms. The molecular weight excluding hydrogens is 190 g/mol. The molecule has 0 heterocycles. The smallest absolute Gasteiger partial charge is 0.0707 e. The molecule has 0 aromatic carbocycles.